The molecule has 25 heavy (non-hydrogen) atoms. The molecule has 5 nitrogen and oxygen atoms in total. The molecule has 1 heterocycles. The molecular formula is C20H25NO4. The maximum Gasteiger partial charge on any atom is 0.344 e. The second-order valence-corrected chi connectivity index (χ2v) is 6.41. The number of Topliss-reactive ketones (excluding diaryl/α,β-unsaturated/α-hetero) is 1. The number of aromatic nitrogens is 1. The number of nitrogens with zero attached hydrogens (tertiary/aromatic N) is 1. The Morgan fingerprint density at radius 2 is 1.40 bits per heavy atom. The molecule has 0 aliphatic carbocycles. The lowest BCUT2D eigenvalue weighted by Crippen LogP contribution is -2.18. The van der Waals surface area contributed by atoms with Gasteiger partial charge in [0.15, 0.2) is 6.61 Å². The first-order valence-electron chi connectivity index (χ1n) is 8.43. The van der Waals surface area contributed by atoms with Gasteiger partial charge in [0.25, 0.3) is 0 Å². The molecule has 0 saturated carbocycles. The average molecular weight is 343 g/mol. The molecule has 0 unspecified atom stereocenters. The predicted molar refractivity (Wildman–Crippen MR) is 95.4 cm³/mol. The summed E-state index contributed by atoms with van der Waals surface area (Å²) in [6.45, 7) is 13.2. The first-order valence-corrected chi connectivity index (χ1v) is 8.43. The third kappa shape index (κ3) is 3.36. The van der Waals surface area contributed by atoms with E-state index in [9.17, 15) is 9.59 Å². The second kappa shape index (κ2) is 7.21. The number of benzene rings is 1. The second-order valence-electron chi connectivity index (χ2n) is 6.41. The topological polar surface area (TPSA) is 69.4 Å². The Morgan fingerprint density at radius 1 is 0.880 bits per heavy atom. The summed E-state index contributed by atoms with van der Waals surface area (Å²) < 4.78 is 10.3. The zero-order valence-corrected chi connectivity index (χ0v) is 16.0. The van der Waals surface area contributed by atoms with Crippen LogP contribution >= 0.6 is 0 Å². The van der Waals surface area contributed by atoms with E-state index in [1.165, 1.54) is 5.56 Å². The number of rotatable bonds is 5. The first-order chi connectivity index (χ1) is 11.7. The summed E-state index contributed by atoms with van der Waals surface area (Å²) in [7, 11) is 0. The molecule has 0 amide bonds. The Balaban J connectivity index is 2.24. The molecule has 2 aromatic rings. The lowest BCUT2D eigenvalue weighted by Gasteiger charge is -2.17. The van der Waals surface area contributed by atoms with Crippen molar-refractivity contribution in [1.29, 1.82) is 0 Å². The predicted octanol–water partition coefficient (Wildman–Crippen LogP) is 4.13. The summed E-state index contributed by atoms with van der Waals surface area (Å²) in [5.74, 6) is -0.356. The fourth-order valence-corrected chi connectivity index (χ4v) is 3.11. The Kier molecular flexibility index (Phi) is 5.45. The van der Waals surface area contributed by atoms with Crippen LogP contribution in [-0.4, -0.2) is 23.5 Å². The van der Waals surface area contributed by atoms with Crippen LogP contribution in [0.3, 0.4) is 0 Å². The third-order valence-electron chi connectivity index (χ3n) is 5.09. The minimum atomic E-state index is -0.570. The number of ether oxygens (including phenoxy) is 1. The highest BCUT2D eigenvalue weighted by Crippen LogP contribution is 2.26. The molecule has 0 atom stereocenters. The lowest BCUT2D eigenvalue weighted by molar-refractivity contribution is 0.0471. The highest BCUT2D eigenvalue weighted by Gasteiger charge is 2.23. The molecule has 2 rings (SSSR count). The normalized spacial score (nSPS) is 10.8. The number of ketones is 1. The highest BCUT2D eigenvalue weighted by atomic mass is 16.5. The van der Waals surface area contributed by atoms with E-state index in [2.05, 4.69) is 12.1 Å². The highest BCUT2D eigenvalue weighted by molar-refractivity contribution is 6.02. The maximum absolute atomic E-state index is 12.7. The molecule has 134 valence electrons. The van der Waals surface area contributed by atoms with Gasteiger partial charge in [-0.3, -0.25) is 4.79 Å². The summed E-state index contributed by atoms with van der Waals surface area (Å²) in [5.41, 5.74) is 6.78. The Labute approximate surface area is 148 Å². The van der Waals surface area contributed by atoms with Crippen molar-refractivity contribution in [2.45, 2.75) is 54.9 Å². The van der Waals surface area contributed by atoms with E-state index in [1.807, 2.05) is 34.6 Å². The molecule has 1 aromatic carbocycles. The lowest BCUT2D eigenvalue weighted by atomic mass is 9.88. The van der Waals surface area contributed by atoms with Crippen molar-refractivity contribution in [2.24, 2.45) is 0 Å². The molecule has 1 aromatic heterocycles. The van der Waals surface area contributed by atoms with Crippen LogP contribution in [-0.2, 0) is 11.2 Å². The Morgan fingerprint density at radius 3 is 1.92 bits per heavy atom. The van der Waals surface area contributed by atoms with Gasteiger partial charge in [-0.1, -0.05) is 12.1 Å². The van der Waals surface area contributed by atoms with E-state index in [1.54, 1.807) is 6.92 Å². The van der Waals surface area contributed by atoms with Gasteiger partial charge in [-0.2, -0.15) is 0 Å². The number of hydrogen-bond acceptors (Lipinski definition) is 5. The quantitative estimate of drug-likeness (QED) is 0.603. The van der Waals surface area contributed by atoms with E-state index < -0.39 is 5.97 Å². The molecule has 0 fully saturated rings. The maximum atomic E-state index is 12.7. The summed E-state index contributed by atoms with van der Waals surface area (Å²) in [5, 5.41) is 3.84. The van der Waals surface area contributed by atoms with Crippen LogP contribution in [0.25, 0.3) is 0 Å². The van der Waals surface area contributed by atoms with E-state index in [0.717, 1.165) is 22.3 Å². The van der Waals surface area contributed by atoms with Crippen molar-refractivity contribution in [1.82, 2.24) is 5.16 Å². The van der Waals surface area contributed by atoms with E-state index in [0.29, 0.717) is 29.0 Å². The summed E-state index contributed by atoms with van der Waals surface area (Å²) in [4.78, 5) is 25.0. The molecule has 0 saturated heterocycles. The van der Waals surface area contributed by atoms with Crippen LogP contribution < -0.4 is 0 Å². The molecule has 5 heteroatoms. The van der Waals surface area contributed by atoms with Crippen LogP contribution in [0.15, 0.2) is 4.52 Å². The van der Waals surface area contributed by atoms with Crippen molar-refractivity contribution in [3.8, 4) is 0 Å². The molecule has 0 aliphatic rings. The Hall–Kier alpha value is -2.43. The third-order valence-corrected chi connectivity index (χ3v) is 5.09. The number of carbonyl (C=O) groups is 2. The van der Waals surface area contributed by atoms with Crippen LogP contribution in [0.1, 0.15) is 66.9 Å². The number of esters is 1. The van der Waals surface area contributed by atoms with Crippen LogP contribution in [0, 0.1) is 41.5 Å². The number of carbonyl (C=O) groups excluding carboxylic acids is 2. The van der Waals surface area contributed by atoms with Crippen molar-refractivity contribution < 1.29 is 18.8 Å². The minimum absolute atomic E-state index is 0.193. The molecule has 0 radical (unpaired) electrons. The van der Waals surface area contributed by atoms with Gasteiger partial charge in [0, 0.05) is 5.56 Å². The van der Waals surface area contributed by atoms with Crippen molar-refractivity contribution in [2.75, 3.05) is 6.61 Å². The molecule has 0 N–H and O–H groups in total. The van der Waals surface area contributed by atoms with Gasteiger partial charge in [0.2, 0.25) is 5.78 Å². The molecule has 0 bridgehead atoms. The smallest absolute Gasteiger partial charge is 0.344 e. The monoisotopic (exact) mass is 343 g/mol. The number of hydrogen-bond donors (Lipinski definition) is 0. The molecule has 0 aliphatic heterocycles. The van der Waals surface area contributed by atoms with Crippen molar-refractivity contribution in [3.05, 3.63) is 50.4 Å². The SMILES string of the molecule is CCc1noc(C)c1C(=O)OCC(=O)c1c(C)c(C)c(C)c(C)c1C. The van der Waals surface area contributed by atoms with E-state index >= 15 is 0 Å². The zero-order valence-electron chi connectivity index (χ0n) is 16.0. The molecule has 0 spiro atoms. The first kappa shape index (κ1) is 18.9. The van der Waals surface area contributed by atoms with E-state index in [4.69, 9.17) is 9.26 Å². The number of aryl methyl sites for hydroxylation is 2. The van der Waals surface area contributed by atoms with Crippen LogP contribution in [0.2, 0.25) is 0 Å². The van der Waals surface area contributed by atoms with Gasteiger partial charge in [-0.25, -0.2) is 4.79 Å². The fourth-order valence-electron chi connectivity index (χ4n) is 3.11. The van der Waals surface area contributed by atoms with Crippen molar-refractivity contribution in [3.63, 3.8) is 0 Å². The van der Waals surface area contributed by atoms with Gasteiger partial charge in [-0.15, -0.1) is 0 Å². The standard InChI is InChI=1S/C20H25NO4/c1-8-16-19(15(7)25-21-16)20(23)24-9-17(22)18-13(5)11(3)10(2)12(4)14(18)6/h8-9H2,1-7H3. The van der Waals surface area contributed by atoms with Gasteiger partial charge in [0.05, 0.1) is 5.69 Å². The van der Waals surface area contributed by atoms with Gasteiger partial charge in [-0.05, 0) is 75.8 Å². The zero-order chi connectivity index (χ0) is 18.9. The molecular weight excluding hydrogens is 318 g/mol. The van der Waals surface area contributed by atoms with E-state index in [-0.39, 0.29) is 12.4 Å². The summed E-state index contributed by atoms with van der Waals surface area (Å²) in [6, 6.07) is 0. The van der Waals surface area contributed by atoms with Gasteiger partial charge >= 0.3 is 5.97 Å². The summed E-state index contributed by atoms with van der Waals surface area (Å²) >= 11 is 0. The summed E-state index contributed by atoms with van der Waals surface area (Å²) in [6.07, 6.45) is 0.560. The van der Waals surface area contributed by atoms with Crippen molar-refractivity contribution >= 4 is 11.8 Å². The largest absolute Gasteiger partial charge is 0.454 e. The van der Waals surface area contributed by atoms with Crippen LogP contribution in [0.4, 0.5) is 0 Å². The Bertz CT molecular complexity index is 817. The average Bonchev–Trinajstić information content (AvgIpc) is 2.97. The van der Waals surface area contributed by atoms with Crippen LogP contribution in [0.5, 0.6) is 0 Å². The van der Waals surface area contributed by atoms with Gasteiger partial charge in [0.1, 0.15) is 11.3 Å². The minimum Gasteiger partial charge on any atom is -0.454 e. The fraction of sp³-hybridized carbons (Fsp3) is 0.450. The van der Waals surface area contributed by atoms with Gasteiger partial charge < -0.3 is 9.26 Å².